The number of halogens is 6. The molecule has 0 heterocycles. The third-order valence-corrected chi connectivity index (χ3v) is 2.70. The van der Waals surface area contributed by atoms with Crippen LogP contribution in [-0.2, 0) is 9.53 Å². The topological polar surface area (TPSA) is 59.3 Å². The molecule has 0 aliphatic carbocycles. The van der Waals surface area contributed by atoms with Gasteiger partial charge < -0.3 is 9.47 Å². The van der Waals surface area contributed by atoms with Crippen LogP contribution in [0.4, 0.5) is 26.3 Å². The number of nitrogens with zero attached hydrogens (tertiary/aromatic N) is 1. The summed E-state index contributed by atoms with van der Waals surface area (Å²) in [5.41, 5.74) is -0.243. The molecule has 0 bridgehead atoms. The van der Waals surface area contributed by atoms with Gasteiger partial charge in [-0.2, -0.15) is 27.2 Å². The Morgan fingerprint density at radius 3 is 2.27 bits per heavy atom. The van der Waals surface area contributed by atoms with E-state index in [9.17, 15) is 31.1 Å². The van der Waals surface area contributed by atoms with Crippen LogP contribution < -0.4 is 4.74 Å². The van der Waals surface area contributed by atoms with E-state index in [0.717, 1.165) is 30.3 Å². The van der Waals surface area contributed by atoms with Crippen molar-refractivity contribution in [3.05, 3.63) is 48.1 Å². The summed E-state index contributed by atoms with van der Waals surface area (Å²) >= 11 is 0. The zero-order chi connectivity index (χ0) is 20.0. The number of esters is 1. The zero-order valence-corrected chi connectivity index (χ0v) is 12.9. The van der Waals surface area contributed by atoms with E-state index in [4.69, 9.17) is 5.26 Å². The summed E-state index contributed by atoms with van der Waals surface area (Å²) in [5, 5.41) is 8.88. The van der Waals surface area contributed by atoms with Crippen LogP contribution in [0.2, 0.25) is 0 Å². The van der Waals surface area contributed by atoms with E-state index in [1.165, 1.54) is 6.08 Å². The van der Waals surface area contributed by atoms with Gasteiger partial charge in [-0.3, -0.25) is 0 Å². The maximum Gasteiger partial charge on any atom is 0.439 e. The molecule has 0 amide bonds. The molecule has 0 N–H and O–H groups in total. The number of hydrogen-bond donors (Lipinski definition) is 0. The molecule has 0 radical (unpaired) electrons. The molecule has 140 valence electrons. The molecule has 1 aromatic rings. The molecule has 0 saturated heterocycles. The Morgan fingerprint density at radius 2 is 1.81 bits per heavy atom. The van der Waals surface area contributed by atoms with Crippen LogP contribution in [0.1, 0.15) is 5.56 Å². The molecule has 1 rings (SSSR count). The molecule has 0 aliphatic heterocycles. The molecule has 10 heteroatoms. The summed E-state index contributed by atoms with van der Waals surface area (Å²) in [6, 6.07) is 5.37. The Labute approximate surface area is 143 Å². The van der Waals surface area contributed by atoms with E-state index in [-0.39, 0.29) is 12.2 Å². The lowest BCUT2D eigenvalue weighted by molar-refractivity contribution is -0.304. The molecule has 0 saturated carbocycles. The van der Waals surface area contributed by atoms with Gasteiger partial charge >= 0.3 is 18.3 Å². The Morgan fingerprint density at radius 1 is 1.23 bits per heavy atom. The van der Waals surface area contributed by atoms with Gasteiger partial charge in [-0.15, -0.1) is 0 Å². The molecule has 26 heavy (non-hydrogen) atoms. The van der Waals surface area contributed by atoms with E-state index in [0.29, 0.717) is 0 Å². The third kappa shape index (κ3) is 5.84. The molecule has 1 atom stereocenters. The van der Waals surface area contributed by atoms with Crippen molar-refractivity contribution < 1.29 is 40.6 Å². The number of hydrogen-bond acceptors (Lipinski definition) is 4. The fourth-order valence-corrected chi connectivity index (χ4v) is 1.55. The smallest absolute Gasteiger partial charge is 0.439 e. The first-order chi connectivity index (χ1) is 12.0. The lowest BCUT2D eigenvalue weighted by Crippen LogP contribution is -2.45. The van der Waals surface area contributed by atoms with Crippen molar-refractivity contribution in [2.45, 2.75) is 18.5 Å². The molecule has 0 aromatic heterocycles. The van der Waals surface area contributed by atoms with Crippen molar-refractivity contribution in [2.75, 3.05) is 6.61 Å². The maximum absolute atomic E-state index is 13.1. The Hall–Kier alpha value is -2.96. The van der Waals surface area contributed by atoms with Crippen LogP contribution in [-0.4, -0.2) is 31.0 Å². The summed E-state index contributed by atoms with van der Waals surface area (Å²) in [7, 11) is 0. The minimum atomic E-state index is -5.79. The fourth-order valence-electron chi connectivity index (χ4n) is 1.55. The second-order valence-corrected chi connectivity index (χ2v) is 4.69. The summed E-state index contributed by atoms with van der Waals surface area (Å²) in [5.74, 6) is -1.70. The Balaban J connectivity index is 2.92. The van der Waals surface area contributed by atoms with Gasteiger partial charge in [-0.05, 0) is 23.8 Å². The Kier molecular flexibility index (Phi) is 6.83. The molecule has 0 spiro atoms. The summed E-state index contributed by atoms with van der Waals surface area (Å²) in [6.45, 7) is 3.18. The van der Waals surface area contributed by atoms with Gasteiger partial charge in [-0.25, -0.2) is 9.18 Å². The summed E-state index contributed by atoms with van der Waals surface area (Å²) < 4.78 is 83.6. The molecular weight excluding hydrogens is 368 g/mol. The minimum Gasteiger partial charge on any atom is -0.457 e. The van der Waals surface area contributed by atoms with Crippen molar-refractivity contribution >= 4 is 12.0 Å². The minimum absolute atomic E-state index is 0.136. The highest BCUT2D eigenvalue weighted by molar-refractivity contribution is 5.97. The second-order valence-electron chi connectivity index (χ2n) is 4.69. The Bertz CT molecular complexity index is 719. The normalized spacial score (nSPS) is 13.5. The average molecular weight is 379 g/mol. The van der Waals surface area contributed by atoms with Gasteiger partial charge in [0.2, 0.25) is 0 Å². The third-order valence-electron chi connectivity index (χ3n) is 2.70. The van der Waals surface area contributed by atoms with Crippen LogP contribution in [0.25, 0.3) is 6.08 Å². The zero-order valence-electron chi connectivity index (χ0n) is 12.9. The first-order valence-corrected chi connectivity index (χ1v) is 6.78. The lowest BCUT2D eigenvalue weighted by atomic mass is 10.1. The number of carbonyl (C=O) groups is 1. The van der Waals surface area contributed by atoms with Gasteiger partial charge in [0, 0.05) is 0 Å². The molecule has 1 unspecified atom stereocenters. The quantitative estimate of drug-likeness (QED) is 0.234. The number of rotatable bonds is 7. The van der Waals surface area contributed by atoms with Crippen LogP contribution in [0.3, 0.4) is 0 Å². The van der Waals surface area contributed by atoms with Crippen LogP contribution in [0.15, 0.2) is 42.5 Å². The highest BCUT2D eigenvalue weighted by atomic mass is 19.4. The number of ether oxygens (including phenoxy) is 2. The maximum atomic E-state index is 13.1. The summed E-state index contributed by atoms with van der Waals surface area (Å²) in [4.78, 5) is 11.5. The largest absolute Gasteiger partial charge is 0.457 e. The highest BCUT2D eigenvalue weighted by Gasteiger charge is 2.59. The van der Waals surface area contributed by atoms with Crippen molar-refractivity contribution in [1.29, 1.82) is 5.26 Å². The van der Waals surface area contributed by atoms with Crippen LogP contribution in [0.5, 0.6) is 5.75 Å². The van der Waals surface area contributed by atoms with Crippen molar-refractivity contribution in [3.8, 4) is 11.8 Å². The lowest BCUT2D eigenvalue weighted by Gasteiger charge is -2.23. The van der Waals surface area contributed by atoms with Gasteiger partial charge in [0.15, 0.2) is 0 Å². The van der Waals surface area contributed by atoms with Crippen molar-refractivity contribution in [2.24, 2.45) is 0 Å². The molecule has 1 aromatic carbocycles. The molecular formula is C16H11F6NO3. The van der Waals surface area contributed by atoms with E-state index in [1.54, 1.807) is 6.07 Å². The van der Waals surface area contributed by atoms with Crippen molar-refractivity contribution in [1.82, 2.24) is 0 Å². The molecule has 0 aliphatic rings. The number of carbonyl (C=O) groups excluding carboxylic acids is 1. The van der Waals surface area contributed by atoms with Crippen LogP contribution >= 0.6 is 0 Å². The van der Waals surface area contributed by atoms with Gasteiger partial charge in [0.05, 0.1) is 0 Å². The van der Waals surface area contributed by atoms with Gasteiger partial charge in [0.1, 0.15) is 24.0 Å². The van der Waals surface area contributed by atoms with E-state index >= 15 is 0 Å². The van der Waals surface area contributed by atoms with E-state index < -0.39 is 35.7 Å². The second kappa shape index (κ2) is 8.42. The standard InChI is InChI=1S/C16H11F6NO3/c1-2-7-25-13(24)11(9-23)8-10-3-5-12(6-4-10)26-16(21,22)14(17)15(18,19)20/h2-6,8,14H,1,7H2/b11-8-. The first kappa shape index (κ1) is 21.1. The predicted molar refractivity (Wildman–Crippen MR) is 77.7 cm³/mol. The van der Waals surface area contributed by atoms with E-state index in [2.05, 4.69) is 16.1 Å². The molecule has 4 nitrogen and oxygen atoms in total. The van der Waals surface area contributed by atoms with Gasteiger partial charge in [-0.1, -0.05) is 24.8 Å². The van der Waals surface area contributed by atoms with Crippen molar-refractivity contribution in [3.63, 3.8) is 0 Å². The van der Waals surface area contributed by atoms with Gasteiger partial charge in [0.25, 0.3) is 6.17 Å². The molecule has 0 fully saturated rings. The monoisotopic (exact) mass is 379 g/mol. The van der Waals surface area contributed by atoms with Crippen LogP contribution in [0, 0.1) is 11.3 Å². The van der Waals surface area contributed by atoms with E-state index in [1.807, 2.05) is 0 Å². The SMILES string of the molecule is C=CCOC(=O)/C(C#N)=C\c1ccc(OC(F)(F)C(F)C(F)(F)F)cc1. The number of nitriles is 1. The fraction of sp³-hybridized carbons (Fsp3) is 0.250. The first-order valence-electron chi connectivity index (χ1n) is 6.78. The predicted octanol–water partition coefficient (Wildman–Crippen LogP) is 4.19. The number of alkyl halides is 6. The number of benzene rings is 1. The summed E-state index contributed by atoms with van der Waals surface area (Å²) in [6.07, 6.45) is -13.1. The highest BCUT2D eigenvalue weighted by Crippen LogP contribution is 2.36. The average Bonchev–Trinajstić information content (AvgIpc) is 2.57.